The normalized spacial score (nSPS) is 28.0. The van der Waals surface area contributed by atoms with Crippen LogP contribution < -0.4 is 5.73 Å². The highest BCUT2D eigenvalue weighted by molar-refractivity contribution is 9.10. The van der Waals surface area contributed by atoms with E-state index in [9.17, 15) is 4.79 Å². The van der Waals surface area contributed by atoms with Crippen LogP contribution >= 0.6 is 39.9 Å². The van der Waals surface area contributed by atoms with Crippen molar-refractivity contribution in [3.8, 4) is 0 Å². The Morgan fingerprint density at radius 1 is 1.33 bits per heavy atom. The average Bonchev–Trinajstić information content (AvgIpc) is 2.86. The fourth-order valence-corrected chi connectivity index (χ4v) is 4.10. The van der Waals surface area contributed by atoms with Gasteiger partial charge in [-0.2, -0.15) is 0 Å². The monoisotopic (exact) mass is 392 g/mol. The number of carbonyl (C=O) groups is 1. The van der Waals surface area contributed by atoms with E-state index in [0.717, 1.165) is 24.0 Å². The minimum absolute atomic E-state index is 0. The zero-order chi connectivity index (χ0) is 14.3. The Labute approximate surface area is 144 Å². The minimum Gasteiger partial charge on any atom is -0.338 e. The molecule has 3 nitrogen and oxygen atoms in total. The summed E-state index contributed by atoms with van der Waals surface area (Å²) in [6.45, 7) is 1.61. The highest BCUT2D eigenvalue weighted by Crippen LogP contribution is 2.36. The van der Waals surface area contributed by atoms with Gasteiger partial charge in [-0.25, -0.2) is 0 Å². The number of benzene rings is 1. The molecule has 1 aliphatic carbocycles. The molecule has 3 atom stereocenters. The topological polar surface area (TPSA) is 46.3 Å². The summed E-state index contributed by atoms with van der Waals surface area (Å²) in [5.41, 5.74) is 6.85. The number of hydrogen-bond donors (Lipinski definition) is 1. The van der Waals surface area contributed by atoms with Crippen molar-refractivity contribution in [3.05, 3.63) is 33.3 Å². The second-order valence-electron chi connectivity index (χ2n) is 5.85. The van der Waals surface area contributed by atoms with Gasteiger partial charge in [-0.05, 0) is 58.8 Å². The summed E-state index contributed by atoms with van der Waals surface area (Å²) in [5.74, 6) is 1.09. The van der Waals surface area contributed by atoms with Crippen molar-refractivity contribution in [3.63, 3.8) is 0 Å². The van der Waals surface area contributed by atoms with Crippen LogP contribution in [0.2, 0.25) is 5.02 Å². The smallest absolute Gasteiger partial charge is 0.255 e. The summed E-state index contributed by atoms with van der Waals surface area (Å²) in [5, 5.41) is 0.588. The molecule has 1 aromatic carbocycles. The van der Waals surface area contributed by atoms with Crippen LogP contribution in [0.5, 0.6) is 0 Å². The van der Waals surface area contributed by atoms with E-state index in [4.69, 9.17) is 17.3 Å². The summed E-state index contributed by atoms with van der Waals surface area (Å²) in [6, 6.07) is 5.58. The van der Waals surface area contributed by atoms with Gasteiger partial charge in [0.05, 0.1) is 5.56 Å². The predicted molar refractivity (Wildman–Crippen MR) is 91.1 cm³/mol. The zero-order valence-electron chi connectivity index (χ0n) is 11.6. The molecule has 1 saturated carbocycles. The summed E-state index contributed by atoms with van der Waals surface area (Å²) in [7, 11) is 0. The SMILES string of the molecule is Cl.NC1CCCC2CN(C(=O)c3cc(Cl)ccc3Br)CC12. The number of carbonyl (C=O) groups excluding carboxylic acids is 1. The lowest BCUT2D eigenvalue weighted by molar-refractivity contribution is 0.0782. The van der Waals surface area contributed by atoms with Crippen LogP contribution in [0.1, 0.15) is 29.6 Å². The van der Waals surface area contributed by atoms with Crippen molar-refractivity contribution in [2.24, 2.45) is 17.6 Å². The van der Waals surface area contributed by atoms with Crippen molar-refractivity contribution in [2.75, 3.05) is 13.1 Å². The maximum absolute atomic E-state index is 12.7. The molecule has 1 aromatic rings. The van der Waals surface area contributed by atoms with Gasteiger partial charge in [0.15, 0.2) is 0 Å². The van der Waals surface area contributed by atoms with Gasteiger partial charge >= 0.3 is 0 Å². The van der Waals surface area contributed by atoms with Gasteiger partial charge in [0, 0.05) is 28.6 Å². The first kappa shape index (κ1) is 17.1. The molecule has 2 N–H and O–H groups in total. The van der Waals surface area contributed by atoms with Gasteiger partial charge < -0.3 is 10.6 Å². The van der Waals surface area contributed by atoms with E-state index in [2.05, 4.69) is 15.9 Å². The third-order valence-corrected chi connectivity index (χ3v) is 5.53. The van der Waals surface area contributed by atoms with Crippen LogP contribution in [0, 0.1) is 11.8 Å². The van der Waals surface area contributed by atoms with Crippen molar-refractivity contribution in [2.45, 2.75) is 25.3 Å². The molecule has 1 amide bonds. The highest BCUT2D eigenvalue weighted by Gasteiger charge is 2.40. The number of rotatable bonds is 1. The molecule has 1 saturated heterocycles. The lowest BCUT2D eigenvalue weighted by Gasteiger charge is -2.29. The van der Waals surface area contributed by atoms with Crippen LogP contribution in [0.15, 0.2) is 22.7 Å². The van der Waals surface area contributed by atoms with Crippen molar-refractivity contribution in [1.29, 1.82) is 0 Å². The van der Waals surface area contributed by atoms with E-state index in [1.165, 1.54) is 12.8 Å². The molecule has 3 rings (SSSR count). The molecule has 6 heteroatoms. The lowest BCUT2D eigenvalue weighted by atomic mass is 9.78. The van der Waals surface area contributed by atoms with E-state index in [1.54, 1.807) is 12.1 Å². The average molecular weight is 394 g/mol. The second-order valence-corrected chi connectivity index (χ2v) is 7.14. The molecule has 1 aliphatic heterocycles. The molecule has 0 bridgehead atoms. The second kappa shape index (κ2) is 6.86. The Hall–Kier alpha value is -0.290. The highest BCUT2D eigenvalue weighted by atomic mass is 79.9. The molecule has 116 valence electrons. The first-order valence-electron chi connectivity index (χ1n) is 7.06. The summed E-state index contributed by atoms with van der Waals surface area (Å²) in [4.78, 5) is 14.6. The Balaban J connectivity index is 0.00000161. The number of amides is 1. The number of hydrogen-bond acceptors (Lipinski definition) is 2. The van der Waals surface area contributed by atoms with Crippen molar-refractivity contribution in [1.82, 2.24) is 4.90 Å². The van der Waals surface area contributed by atoms with Gasteiger partial charge in [0.2, 0.25) is 0 Å². The Morgan fingerprint density at radius 2 is 2.10 bits per heavy atom. The van der Waals surface area contributed by atoms with Crippen LogP contribution in [0.25, 0.3) is 0 Å². The molecule has 2 aliphatic rings. The first-order chi connectivity index (χ1) is 9.56. The van der Waals surface area contributed by atoms with Gasteiger partial charge in [-0.1, -0.05) is 18.0 Å². The molecule has 3 unspecified atom stereocenters. The third-order valence-electron chi connectivity index (χ3n) is 4.60. The van der Waals surface area contributed by atoms with Crippen LogP contribution in [0.3, 0.4) is 0 Å². The fourth-order valence-electron chi connectivity index (χ4n) is 3.51. The van der Waals surface area contributed by atoms with E-state index in [-0.39, 0.29) is 24.4 Å². The zero-order valence-corrected chi connectivity index (χ0v) is 14.8. The number of nitrogens with two attached hydrogens (primary N) is 1. The van der Waals surface area contributed by atoms with E-state index < -0.39 is 0 Å². The number of fused-ring (bicyclic) bond motifs is 1. The third kappa shape index (κ3) is 3.39. The predicted octanol–water partition coefficient (Wildman–Crippen LogP) is 3.72. The van der Waals surface area contributed by atoms with Gasteiger partial charge in [0.25, 0.3) is 5.91 Å². The molecule has 0 aromatic heterocycles. The molecule has 21 heavy (non-hydrogen) atoms. The summed E-state index contributed by atoms with van der Waals surface area (Å²) in [6.07, 6.45) is 3.47. The Morgan fingerprint density at radius 3 is 2.81 bits per heavy atom. The van der Waals surface area contributed by atoms with Crippen LogP contribution in [0.4, 0.5) is 0 Å². The molecule has 2 fully saturated rings. The summed E-state index contributed by atoms with van der Waals surface area (Å²) < 4.78 is 0.797. The summed E-state index contributed by atoms with van der Waals surface area (Å²) >= 11 is 9.44. The molecule has 0 spiro atoms. The van der Waals surface area contributed by atoms with E-state index in [1.807, 2.05) is 11.0 Å². The molecule has 1 heterocycles. The Bertz CT molecular complexity index is 540. The fraction of sp³-hybridized carbons (Fsp3) is 0.533. The molecular weight excluding hydrogens is 375 g/mol. The Kier molecular flexibility index (Phi) is 5.58. The lowest BCUT2D eigenvalue weighted by Crippen LogP contribution is -2.38. The maximum Gasteiger partial charge on any atom is 0.255 e. The van der Waals surface area contributed by atoms with Gasteiger partial charge in [-0.3, -0.25) is 4.79 Å². The standard InChI is InChI=1S/C15H18BrClN2O.ClH/c16-13-5-4-10(17)6-11(13)15(20)19-7-9-2-1-3-14(18)12(9)8-19;/h4-6,9,12,14H,1-3,7-8,18H2;1H. The van der Waals surface area contributed by atoms with Crippen molar-refractivity contribution < 1.29 is 4.79 Å². The van der Waals surface area contributed by atoms with E-state index >= 15 is 0 Å². The number of likely N-dealkylation sites (tertiary alicyclic amines) is 1. The largest absolute Gasteiger partial charge is 0.338 e. The quantitative estimate of drug-likeness (QED) is 0.790. The van der Waals surface area contributed by atoms with E-state index in [0.29, 0.717) is 22.4 Å². The van der Waals surface area contributed by atoms with Crippen LogP contribution in [-0.4, -0.2) is 29.9 Å². The number of nitrogens with zero attached hydrogens (tertiary/aromatic N) is 1. The minimum atomic E-state index is 0. The number of halogens is 3. The van der Waals surface area contributed by atoms with Crippen molar-refractivity contribution >= 4 is 45.8 Å². The molecular formula is C15H19BrCl2N2O. The van der Waals surface area contributed by atoms with Crippen LogP contribution in [-0.2, 0) is 0 Å². The van der Waals surface area contributed by atoms with Gasteiger partial charge in [0.1, 0.15) is 0 Å². The van der Waals surface area contributed by atoms with Gasteiger partial charge in [-0.15, -0.1) is 12.4 Å². The molecule has 0 radical (unpaired) electrons. The first-order valence-corrected chi connectivity index (χ1v) is 8.23. The maximum atomic E-state index is 12.7.